The van der Waals surface area contributed by atoms with Gasteiger partial charge in [-0.2, -0.15) is 0 Å². The normalized spacial score (nSPS) is 13.0. The van der Waals surface area contributed by atoms with Crippen LogP contribution in [0.3, 0.4) is 0 Å². The third-order valence-electron chi connectivity index (χ3n) is 8.24. The molecule has 0 fully saturated rings. The molecule has 0 atom stereocenters. The molecular weight excluding hydrogens is 450 g/mol. The first kappa shape index (κ1) is 35.0. The lowest BCUT2D eigenvalue weighted by atomic mass is 9.73. The van der Waals surface area contributed by atoms with Gasteiger partial charge in [0, 0.05) is 13.2 Å². The molecule has 0 saturated heterocycles. The smallest absolute Gasteiger partial charge is 0.334 e. The molecule has 0 radical (unpaired) electrons. The molecule has 0 saturated carbocycles. The van der Waals surface area contributed by atoms with E-state index in [0.29, 0.717) is 5.41 Å². The number of hydrogen-bond donors (Lipinski definition) is 0. The first-order chi connectivity index (χ1) is 16.8. The van der Waals surface area contributed by atoms with E-state index in [2.05, 4.69) is 76.6 Å². The first-order valence-electron chi connectivity index (χ1n) is 15.3. The predicted molar refractivity (Wildman–Crippen MR) is 158 cm³/mol. The van der Waals surface area contributed by atoms with E-state index in [4.69, 9.17) is 8.85 Å². The molecule has 0 aromatic carbocycles. The summed E-state index contributed by atoms with van der Waals surface area (Å²) in [5.74, 6) is 0. The molecule has 0 aromatic rings. The van der Waals surface area contributed by atoms with Crippen LogP contribution in [0.2, 0.25) is 12.6 Å². The molecule has 0 N–H and O–H groups in total. The Morgan fingerprint density at radius 2 is 0.829 bits per heavy atom. The highest BCUT2D eigenvalue weighted by molar-refractivity contribution is 6.66. The second-order valence-electron chi connectivity index (χ2n) is 10.4. The third kappa shape index (κ3) is 15.1. The van der Waals surface area contributed by atoms with Crippen LogP contribution in [0.25, 0.3) is 0 Å². The molecule has 5 nitrogen and oxygen atoms in total. The molecule has 0 unspecified atom stereocenters. The van der Waals surface area contributed by atoms with E-state index in [-0.39, 0.29) is 0 Å². The maximum Gasteiger partial charge on any atom is 0.334 e. The van der Waals surface area contributed by atoms with Gasteiger partial charge in [0.1, 0.15) is 0 Å². The zero-order valence-electron chi connectivity index (χ0n) is 25.6. The van der Waals surface area contributed by atoms with Crippen molar-refractivity contribution in [2.75, 3.05) is 72.1 Å². The lowest BCUT2D eigenvalue weighted by molar-refractivity contribution is 0.143. The van der Waals surface area contributed by atoms with E-state index in [1.165, 1.54) is 64.6 Å². The van der Waals surface area contributed by atoms with Crippen LogP contribution in [0.15, 0.2) is 0 Å². The summed E-state index contributed by atoms with van der Waals surface area (Å²) in [6.07, 6.45) is 9.18. The van der Waals surface area contributed by atoms with Crippen LogP contribution in [-0.2, 0) is 8.85 Å². The van der Waals surface area contributed by atoms with Crippen LogP contribution < -0.4 is 0 Å². The summed E-state index contributed by atoms with van der Waals surface area (Å²) in [6, 6.07) is 1.12. The van der Waals surface area contributed by atoms with Crippen molar-refractivity contribution in [3.63, 3.8) is 0 Å². The Balaban J connectivity index is 5.66. The largest absolute Gasteiger partial charge is 0.395 e. The van der Waals surface area contributed by atoms with Crippen molar-refractivity contribution in [1.82, 2.24) is 14.7 Å². The molecule has 0 amide bonds. The highest BCUT2D eigenvalue weighted by atomic mass is 28.4. The van der Waals surface area contributed by atoms with Gasteiger partial charge in [-0.1, -0.05) is 41.5 Å². The summed E-state index contributed by atoms with van der Waals surface area (Å²) in [5.41, 5.74) is 0.399. The summed E-state index contributed by atoms with van der Waals surface area (Å²) in [7, 11) is -2.11. The Morgan fingerprint density at radius 1 is 0.514 bits per heavy atom. The van der Waals surface area contributed by atoms with Gasteiger partial charge < -0.3 is 23.6 Å². The fourth-order valence-corrected chi connectivity index (χ4v) is 8.27. The van der Waals surface area contributed by atoms with Crippen molar-refractivity contribution in [3.8, 4) is 0 Å². The molecule has 0 aliphatic rings. The van der Waals surface area contributed by atoms with Gasteiger partial charge in [0.15, 0.2) is 0 Å². The molecule has 0 rings (SSSR count). The van der Waals surface area contributed by atoms with Gasteiger partial charge in [-0.25, -0.2) is 0 Å². The van der Waals surface area contributed by atoms with Crippen LogP contribution >= 0.6 is 0 Å². The maximum absolute atomic E-state index is 6.29. The first-order valence-corrected chi connectivity index (χ1v) is 17.8. The van der Waals surface area contributed by atoms with Gasteiger partial charge in [0.25, 0.3) is 0 Å². The summed E-state index contributed by atoms with van der Waals surface area (Å²) >= 11 is 0. The summed E-state index contributed by atoms with van der Waals surface area (Å²) in [6.45, 7) is 32.5. The molecule has 0 heterocycles. The van der Waals surface area contributed by atoms with Crippen LogP contribution in [0.4, 0.5) is 0 Å². The van der Waals surface area contributed by atoms with Crippen molar-refractivity contribution in [2.24, 2.45) is 5.41 Å². The fourth-order valence-electron chi connectivity index (χ4n) is 5.69. The van der Waals surface area contributed by atoms with Gasteiger partial charge in [0.2, 0.25) is 0 Å². The second kappa shape index (κ2) is 21.0. The van der Waals surface area contributed by atoms with E-state index in [1.54, 1.807) is 0 Å². The van der Waals surface area contributed by atoms with Crippen molar-refractivity contribution in [2.45, 2.75) is 113 Å². The summed E-state index contributed by atoms with van der Waals surface area (Å²) in [4.78, 5) is 7.78. The monoisotopic (exact) mass is 515 g/mol. The Bertz CT molecular complexity index is 417. The highest BCUT2D eigenvalue weighted by Gasteiger charge is 2.37. The average Bonchev–Trinajstić information content (AvgIpc) is 2.86. The van der Waals surface area contributed by atoms with E-state index in [9.17, 15) is 0 Å². The molecule has 6 heteroatoms. The van der Waals surface area contributed by atoms with Crippen LogP contribution in [0, 0.1) is 5.41 Å². The fraction of sp³-hybridized carbons (Fsp3) is 1.00. The minimum absolute atomic E-state index is 0.399. The van der Waals surface area contributed by atoms with E-state index < -0.39 is 8.56 Å². The number of hydrogen-bond acceptors (Lipinski definition) is 5. The van der Waals surface area contributed by atoms with E-state index in [0.717, 1.165) is 58.5 Å². The molecule has 212 valence electrons. The zero-order valence-corrected chi connectivity index (χ0v) is 26.6. The lowest BCUT2D eigenvalue weighted by Crippen LogP contribution is -2.40. The molecule has 0 bridgehead atoms. The van der Waals surface area contributed by atoms with Gasteiger partial charge in [-0.15, -0.1) is 0 Å². The quantitative estimate of drug-likeness (QED) is 0.124. The maximum atomic E-state index is 6.29. The van der Waals surface area contributed by atoms with Crippen molar-refractivity contribution < 1.29 is 8.85 Å². The Morgan fingerprint density at radius 3 is 1.09 bits per heavy atom. The Hall–Kier alpha value is 0.0169. The predicted octanol–water partition coefficient (Wildman–Crippen LogP) is 6.87. The standard InChI is InChI=1S/C29H65N3O2Si/c1-10-30(11-2)25-18-21-29(22-19-26-31(12-3)13-4,23-20-27-32(14-5)15-6)24-28-35(9,33-16-7)34-17-8/h10-28H2,1-9H3. The third-order valence-corrected chi connectivity index (χ3v) is 11.2. The van der Waals surface area contributed by atoms with Crippen LogP contribution in [0.1, 0.15) is 100 Å². The van der Waals surface area contributed by atoms with Gasteiger partial charge in [-0.05, 0) is 136 Å². The zero-order chi connectivity index (χ0) is 26.6. The molecule has 35 heavy (non-hydrogen) atoms. The number of nitrogens with zero attached hydrogens (tertiary/aromatic N) is 3. The minimum atomic E-state index is -2.11. The topological polar surface area (TPSA) is 28.2 Å². The molecule has 0 aromatic heterocycles. The number of rotatable bonds is 25. The van der Waals surface area contributed by atoms with Gasteiger partial charge in [-0.3, -0.25) is 0 Å². The van der Waals surface area contributed by atoms with E-state index >= 15 is 0 Å². The molecule has 0 aliphatic heterocycles. The molecule has 0 aliphatic carbocycles. The highest BCUT2D eigenvalue weighted by Crippen LogP contribution is 2.42. The molecule has 0 spiro atoms. The van der Waals surface area contributed by atoms with Crippen LogP contribution in [-0.4, -0.2) is 95.4 Å². The summed E-state index contributed by atoms with van der Waals surface area (Å²) in [5, 5.41) is 0. The SMILES string of the molecule is CCO[Si](C)(CCC(CCCN(CC)CC)(CCCN(CC)CC)CCCN(CC)CC)OCC. The second-order valence-corrected chi connectivity index (χ2v) is 13.7. The Kier molecular flexibility index (Phi) is 21.0. The van der Waals surface area contributed by atoms with Gasteiger partial charge >= 0.3 is 8.56 Å². The Labute approximate surface area is 222 Å². The van der Waals surface area contributed by atoms with Crippen molar-refractivity contribution in [1.29, 1.82) is 0 Å². The molecular formula is C29H65N3O2Si. The lowest BCUT2D eigenvalue weighted by Gasteiger charge is -2.39. The van der Waals surface area contributed by atoms with Crippen molar-refractivity contribution in [3.05, 3.63) is 0 Å². The van der Waals surface area contributed by atoms with Gasteiger partial charge in [0.05, 0.1) is 0 Å². The van der Waals surface area contributed by atoms with Crippen molar-refractivity contribution >= 4 is 8.56 Å². The van der Waals surface area contributed by atoms with E-state index in [1.807, 2.05) is 0 Å². The average molecular weight is 516 g/mol. The van der Waals surface area contributed by atoms with Crippen LogP contribution in [0.5, 0.6) is 0 Å². The summed E-state index contributed by atoms with van der Waals surface area (Å²) < 4.78 is 12.6. The minimum Gasteiger partial charge on any atom is -0.395 e.